The van der Waals surface area contributed by atoms with E-state index in [9.17, 15) is 18.0 Å². The third-order valence-electron chi connectivity index (χ3n) is 6.80. The topological polar surface area (TPSA) is 125 Å². The Kier molecular flexibility index (Phi) is 5.30. The summed E-state index contributed by atoms with van der Waals surface area (Å²) in [6, 6.07) is 3.67. The zero-order chi connectivity index (χ0) is 21.7. The van der Waals surface area contributed by atoms with Gasteiger partial charge in [0.25, 0.3) is 5.91 Å². The number of hydrogen-bond donors (Lipinski definition) is 2. The maximum Gasteiger partial charge on any atom is 0.342 e. The Morgan fingerprint density at radius 1 is 1.13 bits per heavy atom. The Bertz CT molecular complexity index is 938. The molecule has 0 aromatic heterocycles. The van der Waals surface area contributed by atoms with Crippen LogP contribution in [0.1, 0.15) is 55.8 Å². The predicted molar refractivity (Wildman–Crippen MR) is 108 cm³/mol. The number of nitrogens with one attached hydrogen (secondary N) is 1. The quantitative estimate of drug-likeness (QED) is 0.657. The summed E-state index contributed by atoms with van der Waals surface area (Å²) < 4.78 is 33.7. The molecule has 4 saturated carbocycles. The number of ether oxygens (including phenoxy) is 2. The van der Waals surface area contributed by atoms with Gasteiger partial charge in [-0.2, -0.15) is 0 Å². The van der Waals surface area contributed by atoms with Crippen LogP contribution in [0.2, 0.25) is 0 Å². The van der Waals surface area contributed by atoms with E-state index in [1.54, 1.807) is 0 Å². The van der Waals surface area contributed by atoms with Gasteiger partial charge in [0.05, 0.1) is 12.0 Å². The van der Waals surface area contributed by atoms with E-state index in [4.69, 9.17) is 14.6 Å². The molecule has 0 saturated heterocycles. The summed E-state index contributed by atoms with van der Waals surface area (Å²) in [6.07, 6.45) is 5.76. The third kappa shape index (κ3) is 4.05. The summed E-state index contributed by atoms with van der Waals surface area (Å²) >= 11 is 0. The van der Waals surface area contributed by atoms with Crippen LogP contribution in [0.15, 0.2) is 23.1 Å². The van der Waals surface area contributed by atoms with Gasteiger partial charge >= 0.3 is 5.97 Å². The second kappa shape index (κ2) is 7.53. The van der Waals surface area contributed by atoms with E-state index < -0.39 is 22.1 Å². The Morgan fingerprint density at radius 3 is 2.20 bits per heavy atom. The first-order valence-electron chi connectivity index (χ1n) is 10.3. The number of primary sulfonamides is 1. The molecule has 8 nitrogen and oxygen atoms in total. The summed E-state index contributed by atoms with van der Waals surface area (Å²) in [5, 5.41) is 8.33. The Balaban J connectivity index is 1.45. The zero-order valence-corrected chi connectivity index (χ0v) is 18.0. The number of hydrogen-bond acceptors (Lipinski definition) is 6. The van der Waals surface area contributed by atoms with Crippen molar-refractivity contribution in [3.63, 3.8) is 0 Å². The maximum atomic E-state index is 12.8. The van der Waals surface area contributed by atoms with E-state index >= 15 is 0 Å². The molecule has 1 amide bonds. The van der Waals surface area contributed by atoms with E-state index in [0.29, 0.717) is 17.8 Å². The van der Waals surface area contributed by atoms with Crippen molar-refractivity contribution < 1.29 is 27.5 Å². The number of nitrogens with two attached hydrogens (primary N) is 1. The van der Waals surface area contributed by atoms with Gasteiger partial charge in [0.1, 0.15) is 11.3 Å². The first-order valence-corrected chi connectivity index (χ1v) is 11.9. The number of methoxy groups -OCH3 is 1. The van der Waals surface area contributed by atoms with Crippen molar-refractivity contribution in [1.29, 1.82) is 0 Å². The van der Waals surface area contributed by atoms with Crippen molar-refractivity contribution >= 4 is 21.9 Å². The van der Waals surface area contributed by atoms with Gasteiger partial charge < -0.3 is 14.8 Å². The second-order valence-electron chi connectivity index (χ2n) is 9.14. The molecule has 4 aliphatic carbocycles. The summed E-state index contributed by atoms with van der Waals surface area (Å²) in [5.74, 6) is 1.01. The molecule has 164 valence electrons. The fourth-order valence-corrected chi connectivity index (χ4v) is 6.47. The average Bonchev–Trinajstić information content (AvgIpc) is 2.65. The molecule has 4 fully saturated rings. The van der Waals surface area contributed by atoms with Crippen LogP contribution in [0, 0.1) is 17.8 Å². The molecule has 1 aromatic rings. The largest absolute Gasteiger partial charge is 0.496 e. The van der Waals surface area contributed by atoms with Gasteiger partial charge in [0, 0.05) is 5.54 Å². The Morgan fingerprint density at radius 2 is 1.70 bits per heavy atom. The molecule has 0 aliphatic heterocycles. The lowest BCUT2D eigenvalue weighted by molar-refractivity contribution is -0.134. The number of benzene rings is 1. The van der Waals surface area contributed by atoms with Crippen LogP contribution in [-0.2, 0) is 19.6 Å². The highest BCUT2D eigenvalue weighted by Crippen LogP contribution is 2.55. The summed E-state index contributed by atoms with van der Waals surface area (Å²) in [7, 11) is -2.65. The molecule has 0 radical (unpaired) electrons. The number of amides is 1. The number of carbonyl (C=O) groups excluding carboxylic acids is 2. The van der Waals surface area contributed by atoms with Gasteiger partial charge in [-0.05, 0) is 81.4 Å². The van der Waals surface area contributed by atoms with E-state index in [-0.39, 0.29) is 27.7 Å². The fraction of sp³-hybridized carbons (Fsp3) is 0.619. The van der Waals surface area contributed by atoms with E-state index in [1.165, 1.54) is 45.4 Å². The number of carbonyl (C=O) groups is 2. The van der Waals surface area contributed by atoms with E-state index in [2.05, 4.69) is 5.32 Å². The first kappa shape index (κ1) is 21.1. The van der Waals surface area contributed by atoms with Gasteiger partial charge in [0.15, 0.2) is 6.10 Å². The number of esters is 1. The lowest BCUT2D eigenvalue weighted by Crippen LogP contribution is -2.61. The molecule has 5 rings (SSSR count). The summed E-state index contributed by atoms with van der Waals surface area (Å²) in [5.41, 5.74) is -0.281. The van der Waals surface area contributed by atoms with E-state index in [1.807, 2.05) is 0 Å². The Labute approximate surface area is 176 Å². The minimum Gasteiger partial charge on any atom is -0.496 e. The normalized spacial score (nSPS) is 30.6. The highest BCUT2D eigenvalue weighted by atomic mass is 32.2. The van der Waals surface area contributed by atoms with Crippen molar-refractivity contribution in [3.05, 3.63) is 23.8 Å². The van der Waals surface area contributed by atoms with Crippen LogP contribution in [0.5, 0.6) is 5.75 Å². The molecule has 0 spiro atoms. The lowest BCUT2D eigenvalue weighted by atomic mass is 9.53. The molecule has 4 bridgehead atoms. The van der Waals surface area contributed by atoms with Gasteiger partial charge in [-0.25, -0.2) is 18.4 Å². The number of rotatable bonds is 6. The van der Waals surface area contributed by atoms with Crippen LogP contribution in [-0.4, -0.2) is 39.0 Å². The lowest BCUT2D eigenvalue weighted by Gasteiger charge is -2.57. The van der Waals surface area contributed by atoms with Crippen molar-refractivity contribution in [2.24, 2.45) is 22.9 Å². The molecule has 1 aromatic carbocycles. The molecular weight excluding hydrogens is 408 g/mol. The standard InChI is InChI=1S/C21H28N2O6S/c1-12(19(24)23-21-9-13-5-14(10-21)7-15(6-13)11-21)29-20(25)17-8-16(30(22,26)27)3-4-18(17)28-2/h3-4,8,12-15H,5-7,9-11H2,1-2H3,(H,23,24)(H2,22,26,27). The molecule has 1 atom stereocenters. The smallest absolute Gasteiger partial charge is 0.342 e. The second-order valence-corrected chi connectivity index (χ2v) is 10.7. The molecule has 9 heteroatoms. The van der Waals surface area contributed by atoms with Gasteiger partial charge in [0.2, 0.25) is 10.0 Å². The van der Waals surface area contributed by atoms with Crippen LogP contribution in [0.3, 0.4) is 0 Å². The minimum atomic E-state index is -4.00. The van der Waals surface area contributed by atoms with Gasteiger partial charge in [-0.15, -0.1) is 0 Å². The minimum absolute atomic E-state index is 0.0986. The predicted octanol–water partition coefficient (Wildman–Crippen LogP) is 1.97. The third-order valence-corrected chi connectivity index (χ3v) is 7.71. The highest BCUT2D eigenvalue weighted by molar-refractivity contribution is 7.89. The number of sulfonamides is 1. The Hall–Kier alpha value is -2.13. The highest BCUT2D eigenvalue weighted by Gasteiger charge is 2.51. The van der Waals surface area contributed by atoms with Gasteiger partial charge in [-0.1, -0.05) is 0 Å². The average molecular weight is 437 g/mol. The van der Waals surface area contributed by atoms with Crippen LogP contribution < -0.4 is 15.2 Å². The van der Waals surface area contributed by atoms with Crippen molar-refractivity contribution in [2.75, 3.05) is 7.11 Å². The summed E-state index contributed by atoms with van der Waals surface area (Å²) in [6.45, 7) is 1.52. The summed E-state index contributed by atoms with van der Waals surface area (Å²) in [4.78, 5) is 25.3. The molecular formula is C21H28N2O6S. The van der Waals surface area contributed by atoms with Crippen molar-refractivity contribution in [1.82, 2.24) is 5.32 Å². The van der Waals surface area contributed by atoms with Crippen molar-refractivity contribution in [2.45, 2.75) is 62.0 Å². The first-order chi connectivity index (χ1) is 14.1. The van der Waals surface area contributed by atoms with Crippen LogP contribution >= 0.6 is 0 Å². The molecule has 0 heterocycles. The fourth-order valence-electron chi connectivity index (χ4n) is 5.93. The van der Waals surface area contributed by atoms with Crippen LogP contribution in [0.25, 0.3) is 0 Å². The van der Waals surface area contributed by atoms with Gasteiger partial charge in [-0.3, -0.25) is 4.79 Å². The zero-order valence-electron chi connectivity index (χ0n) is 17.2. The van der Waals surface area contributed by atoms with Crippen LogP contribution in [0.4, 0.5) is 0 Å². The molecule has 4 aliphatic rings. The SMILES string of the molecule is COc1ccc(S(N)(=O)=O)cc1C(=O)OC(C)C(=O)NC12CC3CC(CC(C3)C1)C2. The van der Waals surface area contributed by atoms with E-state index in [0.717, 1.165) is 25.3 Å². The molecule has 3 N–H and O–H groups in total. The maximum absolute atomic E-state index is 12.8. The van der Waals surface area contributed by atoms with Crippen molar-refractivity contribution in [3.8, 4) is 5.75 Å². The monoisotopic (exact) mass is 436 g/mol. The molecule has 1 unspecified atom stereocenters. The molecule has 30 heavy (non-hydrogen) atoms.